The van der Waals surface area contributed by atoms with Crippen molar-refractivity contribution in [2.75, 3.05) is 27.2 Å². The lowest BCUT2D eigenvalue weighted by Crippen LogP contribution is -2.27. The van der Waals surface area contributed by atoms with E-state index in [2.05, 4.69) is 5.32 Å². The van der Waals surface area contributed by atoms with E-state index in [-0.39, 0.29) is 17.1 Å². The zero-order chi connectivity index (χ0) is 14.5. The highest BCUT2D eigenvalue weighted by Crippen LogP contribution is 2.11. The van der Waals surface area contributed by atoms with Crippen molar-refractivity contribution in [1.29, 1.82) is 0 Å². The summed E-state index contributed by atoms with van der Waals surface area (Å²) in [6.45, 7) is 1.44. The molecule has 0 saturated carbocycles. The second-order valence-corrected chi connectivity index (χ2v) is 4.88. The number of benzene rings is 1. The van der Waals surface area contributed by atoms with E-state index in [1.54, 1.807) is 24.3 Å². The molecule has 1 aromatic heterocycles. The van der Waals surface area contributed by atoms with E-state index in [9.17, 15) is 9.59 Å². The van der Waals surface area contributed by atoms with Crippen LogP contribution >= 0.6 is 0 Å². The maximum Gasteiger partial charge on any atom is 0.287 e. The van der Waals surface area contributed by atoms with Gasteiger partial charge in [0.2, 0.25) is 0 Å². The summed E-state index contributed by atoms with van der Waals surface area (Å²) >= 11 is 0. The normalized spacial score (nSPS) is 10.9. The predicted octanol–water partition coefficient (Wildman–Crippen LogP) is 1.47. The van der Waals surface area contributed by atoms with Crippen molar-refractivity contribution in [3.8, 4) is 0 Å². The fourth-order valence-corrected chi connectivity index (χ4v) is 1.90. The van der Waals surface area contributed by atoms with Crippen LogP contribution in [0.5, 0.6) is 0 Å². The summed E-state index contributed by atoms with van der Waals surface area (Å²) < 4.78 is 5.46. The van der Waals surface area contributed by atoms with Gasteiger partial charge in [-0.25, -0.2) is 0 Å². The van der Waals surface area contributed by atoms with Crippen LogP contribution in [-0.4, -0.2) is 38.0 Å². The quantitative estimate of drug-likeness (QED) is 0.839. The minimum absolute atomic E-state index is 0.0542. The molecule has 0 atom stereocenters. The van der Waals surface area contributed by atoms with Crippen molar-refractivity contribution in [3.05, 3.63) is 46.3 Å². The molecule has 2 aromatic rings. The maximum atomic E-state index is 11.9. The third-order valence-corrected chi connectivity index (χ3v) is 2.93. The van der Waals surface area contributed by atoms with E-state index >= 15 is 0 Å². The van der Waals surface area contributed by atoms with E-state index in [0.717, 1.165) is 13.0 Å². The molecule has 0 spiro atoms. The molecule has 0 fully saturated rings. The number of hydrogen-bond acceptors (Lipinski definition) is 4. The fourth-order valence-electron chi connectivity index (χ4n) is 1.90. The van der Waals surface area contributed by atoms with Gasteiger partial charge in [0.05, 0.1) is 5.39 Å². The summed E-state index contributed by atoms with van der Waals surface area (Å²) in [5, 5.41) is 3.23. The molecule has 1 N–H and O–H groups in total. The van der Waals surface area contributed by atoms with Gasteiger partial charge in [0.1, 0.15) is 5.58 Å². The Morgan fingerprint density at radius 2 is 2.05 bits per heavy atom. The van der Waals surface area contributed by atoms with Gasteiger partial charge in [-0.05, 0) is 39.2 Å². The standard InChI is InChI=1S/C15H18N2O3/c1-17(2)9-5-8-16-15(19)14-10-12(18)11-6-3-4-7-13(11)20-14/h3-4,6-7,10H,5,8-9H2,1-2H3,(H,16,19). The molecule has 5 nitrogen and oxygen atoms in total. The molecule has 0 aliphatic rings. The van der Waals surface area contributed by atoms with E-state index in [1.807, 2.05) is 19.0 Å². The third kappa shape index (κ3) is 3.45. The van der Waals surface area contributed by atoms with Crippen LogP contribution in [0.15, 0.2) is 39.5 Å². The zero-order valence-electron chi connectivity index (χ0n) is 11.7. The van der Waals surface area contributed by atoms with Crippen molar-refractivity contribution in [2.24, 2.45) is 0 Å². The van der Waals surface area contributed by atoms with Gasteiger partial charge in [0.25, 0.3) is 5.91 Å². The summed E-state index contributed by atoms with van der Waals surface area (Å²) in [6.07, 6.45) is 0.844. The Kier molecular flexibility index (Phi) is 4.53. The van der Waals surface area contributed by atoms with Gasteiger partial charge in [-0.3, -0.25) is 9.59 Å². The number of hydrogen-bond donors (Lipinski definition) is 1. The molecule has 0 saturated heterocycles. The minimum atomic E-state index is -0.355. The van der Waals surface area contributed by atoms with Gasteiger partial charge in [0.15, 0.2) is 11.2 Å². The average molecular weight is 274 g/mol. The largest absolute Gasteiger partial charge is 0.451 e. The van der Waals surface area contributed by atoms with Gasteiger partial charge in [-0.15, -0.1) is 0 Å². The Labute approximate surface area is 117 Å². The summed E-state index contributed by atoms with van der Waals surface area (Å²) in [6, 6.07) is 8.13. The highest BCUT2D eigenvalue weighted by atomic mass is 16.3. The maximum absolute atomic E-state index is 11.9. The first-order valence-electron chi connectivity index (χ1n) is 6.54. The molecule has 0 bridgehead atoms. The van der Waals surface area contributed by atoms with Crippen LogP contribution in [0.1, 0.15) is 17.0 Å². The third-order valence-electron chi connectivity index (χ3n) is 2.93. The van der Waals surface area contributed by atoms with Crippen LogP contribution < -0.4 is 10.7 Å². The van der Waals surface area contributed by atoms with Crippen molar-refractivity contribution in [1.82, 2.24) is 10.2 Å². The first kappa shape index (κ1) is 14.3. The summed E-state index contributed by atoms with van der Waals surface area (Å²) in [5.41, 5.74) is 0.226. The molecule has 0 aliphatic heterocycles. The van der Waals surface area contributed by atoms with Crippen LogP contribution in [-0.2, 0) is 0 Å². The average Bonchev–Trinajstić information content (AvgIpc) is 2.43. The van der Waals surface area contributed by atoms with E-state index in [1.165, 1.54) is 6.07 Å². The van der Waals surface area contributed by atoms with Crippen LogP contribution in [0.4, 0.5) is 0 Å². The monoisotopic (exact) mass is 274 g/mol. The molecular weight excluding hydrogens is 256 g/mol. The minimum Gasteiger partial charge on any atom is -0.451 e. The highest BCUT2D eigenvalue weighted by molar-refractivity contribution is 5.93. The van der Waals surface area contributed by atoms with Gasteiger partial charge in [-0.1, -0.05) is 12.1 Å². The van der Waals surface area contributed by atoms with Crippen LogP contribution in [0.2, 0.25) is 0 Å². The number of rotatable bonds is 5. The Hall–Kier alpha value is -2.14. The van der Waals surface area contributed by atoms with Crippen LogP contribution in [0, 0.1) is 0 Å². The number of carbonyl (C=O) groups excluding carboxylic acids is 1. The predicted molar refractivity (Wildman–Crippen MR) is 78.0 cm³/mol. The number of nitrogens with zero attached hydrogens (tertiary/aromatic N) is 1. The second kappa shape index (κ2) is 6.34. The Bertz CT molecular complexity index is 661. The molecule has 106 valence electrons. The highest BCUT2D eigenvalue weighted by Gasteiger charge is 2.11. The molecule has 1 amide bonds. The van der Waals surface area contributed by atoms with Gasteiger partial charge >= 0.3 is 0 Å². The molecule has 0 radical (unpaired) electrons. The molecule has 1 heterocycles. The van der Waals surface area contributed by atoms with E-state index in [0.29, 0.717) is 17.5 Å². The Balaban J connectivity index is 2.09. The van der Waals surface area contributed by atoms with Gasteiger partial charge in [-0.2, -0.15) is 0 Å². The topological polar surface area (TPSA) is 62.6 Å². The lowest BCUT2D eigenvalue weighted by Gasteiger charge is -2.09. The SMILES string of the molecule is CN(C)CCCNC(=O)c1cc(=O)c2ccccc2o1. The summed E-state index contributed by atoms with van der Waals surface area (Å²) in [5.74, 6) is -0.301. The lowest BCUT2D eigenvalue weighted by atomic mass is 10.2. The number of carbonyl (C=O) groups is 1. The number of amides is 1. The molecule has 1 aromatic carbocycles. The van der Waals surface area contributed by atoms with E-state index in [4.69, 9.17) is 4.42 Å². The molecule has 0 unspecified atom stereocenters. The molecular formula is C15H18N2O3. The summed E-state index contributed by atoms with van der Waals surface area (Å²) in [7, 11) is 3.95. The lowest BCUT2D eigenvalue weighted by molar-refractivity contribution is 0.0925. The van der Waals surface area contributed by atoms with Crippen molar-refractivity contribution in [3.63, 3.8) is 0 Å². The Morgan fingerprint density at radius 3 is 2.80 bits per heavy atom. The zero-order valence-corrected chi connectivity index (χ0v) is 11.7. The van der Waals surface area contributed by atoms with Crippen LogP contribution in [0.3, 0.4) is 0 Å². The van der Waals surface area contributed by atoms with E-state index < -0.39 is 0 Å². The molecule has 20 heavy (non-hydrogen) atoms. The number of para-hydroxylation sites is 1. The number of nitrogens with one attached hydrogen (secondary N) is 1. The fraction of sp³-hybridized carbons (Fsp3) is 0.333. The summed E-state index contributed by atoms with van der Waals surface area (Å²) in [4.78, 5) is 25.8. The number of fused-ring (bicyclic) bond motifs is 1. The molecule has 5 heteroatoms. The first-order valence-corrected chi connectivity index (χ1v) is 6.54. The van der Waals surface area contributed by atoms with Crippen molar-refractivity contribution < 1.29 is 9.21 Å². The van der Waals surface area contributed by atoms with Crippen LogP contribution in [0.25, 0.3) is 11.0 Å². The first-order chi connectivity index (χ1) is 9.58. The van der Waals surface area contributed by atoms with Crippen molar-refractivity contribution in [2.45, 2.75) is 6.42 Å². The smallest absolute Gasteiger partial charge is 0.287 e. The second-order valence-electron chi connectivity index (χ2n) is 4.88. The van der Waals surface area contributed by atoms with Gasteiger partial charge < -0.3 is 14.6 Å². The molecule has 0 aliphatic carbocycles. The van der Waals surface area contributed by atoms with Crippen molar-refractivity contribution >= 4 is 16.9 Å². The Morgan fingerprint density at radius 1 is 1.30 bits per heavy atom. The molecule has 2 rings (SSSR count). The van der Waals surface area contributed by atoms with Gasteiger partial charge in [0, 0.05) is 12.6 Å².